The molecule has 2 aromatic heterocycles. The Morgan fingerprint density at radius 2 is 2.00 bits per heavy atom. The zero-order valence-electron chi connectivity index (χ0n) is 23.2. The number of hydrogen-bond acceptors (Lipinski definition) is 7. The molecule has 1 aliphatic rings. The number of aliphatic hydroxyl groups is 1. The summed E-state index contributed by atoms with van der Waals surface area (Å²) in [5.41, 5.74) is 6.07. The quantitative estimate of drug-likeness (QED) is 0.136. The molecule has 2 aromatic carbocycles. The van der Waals surface area contributed by atoms with Gasteiger partial charge in [0.2, 0.25) is 0 Å². The van der Waals surface area contributed by atoms with Crippen molar-refractivity contribution in [1.29, 1.82) is 0 Å². The highest BCUT2D eigenvalue weighted by atomic mass is 32.2. The highest BCUT2D eigenvalue weighted by Crippen LogP contribution is 2.27. The summed E-state index contributed by atoms with van der Waals surface area (Å²) in [5.74, 6) is -0.333. The van der Waals surface area contributed by atoms with E-state index in [-0.39, 0.29) is 17.4 Å². The molecule has 0 saturated carbocycles. The monoisotopic (exact) mass is 592 g/mol. The third-order valence-electron chi connectivity index (χ3n) is 7.30. The minimum atomic E-state index is -3.80. The fourth-order valence-corrected chi connectivity index (χ4v) is 6.23. The van der Waals surface area contributed by atoms with Gasteiger partial charge in [-0.15, -0.1) is 0 Å². The van der Waals surface area contributed by atoms with Crippen molar-refractivity contribution >= 4 is 32.9 Å². The second-order valence-corrected chi connectivity index (χ2v) is 12.1. The van der Waals surface area contributed by atoms with Crippen LogP contribution in [0.4, 0.5) is 0 Å². The number of ether oxygens (including phenoxy) is 1. The molecule has 4 N–H and O–H groups in total. The lowest BCUT2D eigenvalue weighted by Gasteiger charge is -2.21. The Labute approximate surface area is 245 Å². The molecule has 3 heterocycles. The third kappa shape index (κ3) is 7.36. The molecule has 5 rings (SSSR count). The number of aromatic nitrogens is 2. The summed E-state index contributed by atoms with van der Waals surface area (Å²) in [6, 6.07) is 16.5. The molecular formula is C31H36N4O6S. The van der Waals surface area contributed by atoms with E-state index in [2.05, 4.69) is 21.8 Å². The Hall–Kier alpha value is -3.74. The summed E-state index contributed by atoms with van der Waals surface area (Å²) in [5, 5.41) is 14.2. The first kappa shape index (κ1) is 29.7. The van der Waals surface area contributed by atoms with Crippen LogP contribution in [0.1, 0.15) is 48.3 Å². The second-order valence-electron chi connectivity index (χ2n) is 10.3. The van der Waals surface area contributed by atoms with Gasteiger partial charge in [-0.3, -0.25) is 4.79 Å². The van der Waals surface area contributed by atoms with Gasteiger partial charge in [-0.25, -0.2) is 22.7 Å². The van der Waals surface area contributed by atoms with Crippen molar-refractivity contribution < 1.29 is 27.9 Å². The van der Waals surface area contributed by atoms with Gasteiger partial charge in [0.15, 0.2) is 6.29 Å². The number of rotatable bonds is 13. The van der Waals surface area contributed by atoms with Crippen LogP contribution in [-0.2, 0) is 30.9 Å². The molecule has 2 unspecified atom stereocenters. The SMILES string of the molecule is O=C(/C=C/c1ccn(S(=O)(=O)c2ccc(CNCC(CCO)c3c[nH]c4ccccc34)cc2)c1)NOC1CCCCO1. The van der Waals surface area contributed by atoms with E-state index in [9.17, 15) is 18.3 Å². The normalized spacial score (nSPS) is 16.6. The minimum absolute atomic E-state index is 0.0900. The number of aliphatic hydroxyl groups excluding tert-OH is 1. The number of benzene rings is 2. The number of nitrogens with one attached hydrogen (secondary N) is 3. The molecule has 1 saturated heterocycles. The van der Waals surface area contributed by atoms with Gasteiger partial charge in [0.1, 0.15) is 0 Å². The molecule has 0 aliphatic carbocycles. The number of nitrogens with zero attached hydrogens (tertiary/aromatic N) is 1. The molecule has 222 valence electrons. The molecule has 2 atom stereocenters. The van der Waals surface area contributed by atoms with Crippen LogP contribution >= 0.6 is 0 Å². The topological polar surface area (TPSA) is 135 Å². The molecule has 0 spiro atoms. The van der Waals surface area contributed by atoms with Crippen LogP contribution in [0.25, 0.3) is 17.0 Å². The van der Waals surface area contributed by atoms with Gasteiger partial charge in [-0.05, 0) is 66.3 Å². The Balaban J connectivity index is 1.14. The van der Waals surface area contributed by atoms with Crippen LogP contribution in [0.15, 0.2) is 84.2 Å². The number of carbonyl (C=O) groups is 1. The number of hydroxylamine groups is 1. The number of hydrogen-bond donors (Lipinski definition) is 4. The predicted molar refractivity (Wildman–Crippen MR) is 160 cm³/mol. The maximum atomic E-state index is 13.2. The highest BCUT2D eigenvalue weighted by Gasteiger charge is 2.18. The van der Waals surface area contributed by atoms with Gasteiger partial charge in [-0.1, -0.05) is 30.3 Å². The maximum Gasteiger partial charge on any atom is 0.267 e. The van der Waals surface area contributed by atoms with Crippen molar-refractivity contribution in [3.63, 3.8) is 0 Å². The predicted octanol–water partition coefficient (Wildman–Crippen LogP) is 4.05. The maximum absolute atomic E-state index is 13.2. The average molecular weight is 593 g/mol. The van der Waals surface area contributed by atoms with E-state index in [1.165, 1.54) is 24.5 Å². The molecule has 0 radical (unpaired) electrons. The first-order valence-corrected chi connectivity index (χ1v) is 15.5. The lowest BCUT2D eigenvalue weighted by Crippen LogP contribution is -2.32. The standard InChI is InChI=1S/C31H36N4O6S/c36-17-15-25(28-21-33-29-6-2-1-5-27(28)29)20-32-19-23-8-11-26(12-9-23)42(38,39)35-16-14-24(22-35)10-13-30(37)34-41-31-7-3-4-18-40-31/h1-2,5-6,8-14,16,21-22,25,31-33,36H,3-4,7,15,17-20H2,(H,34,37)/b13-10+. The summed E-state index contributed by atoms with van der Waals surface area (Å²) >= 11 is 0. The van der Waals surface area contributed by atoms with Crippen LogP contribution in [0.5, 0.6) is 0 Å². The molecule has 4 aromatic rings. The first-order valence-electron chi connectivity index (χ1n) is 14.1. The highest BCUT2D eigenvalue weighted by molar-refractivity contribution is 7.90. The summed E-state index contributed by atoms with van der Waals surface area (Å²) < 4.78 is 32.9. The van der Waals surface area contributed by atoms with Crippen LogP contribution in [-0.4, -0.2) is 54.4 Å². The van der Waals surface area contributed by atoms with E-state index in [1.54, 1.807) is 30.3 Å². The summed E-state index contributed by atoms with van der Waals surface area (Å²) in [7, 11) is -3.80. The van der Waals surface area contributed by atoms with Crippen LogP contribution in [0.2, 0.25) is 0 Å². The number of carbonyl (C=O) groups excluding carboxylic acids is 1. The van der Waals surface area contributed by atoms with Crippen molar-refractivity contribution in [3.05, 3.63) is 96.0 Å². The van der Waals surface area contributed by atoms with Crippen molar-refractivity contribution in [2.75, 3.05) is 19.8 Å². The number of H-pyrrole nitrogens is 1. The summed E-state index contributed by atoms with van der Waals surface area (Å²) in [4.78, 5) is 20.8. The van der Waals surface area contributed by atoms with Gasteiger partial charge >= 0.3 is 0 Å². The van der Waals surface area contributed by atoms with Gasteiger partial charge in [0.25, 0.3) is 15.9 Å². The van der Waals surface area contributed by atoms with Crippen LogP contribution in [0, 0.1) is 0 Å². The van der Waals surface area contributed by atoms with E-state index >= 15 is 0 Å². The van der Waals surface area contributed by atoms with Crippen LogP contribution in [0.3, 0.4) is 0 Å². The zero-order chi connectivity index (χ0) is 29.4. The van der Waals surface area contributed by atoms with E-state index in [0.29, 0.717) is 31.7 Å². The Morgan fingerprint density at radius 1 is 1.17 bits per heavy atom. The number of amides is 1. The first-order chi connectivity index (χ1) is 20.4. The van der Waals surface area contributed by atoms with Crippen molar-refractivity contribution in [3.8, 4) is 0 Å². The van der Waals surface area contributed by atoms with E-state index in [1.807, 2.05) is 24.4 Å². The van der Waals surface area contributed by atoms with Gasteiger partial charge in [-0.2, -0.15) is 0 Å². The second kappa shape index (κ2) is 14.0. The van der Waals surface area contributed by atoms with Crippen molar-refractivity contribution in [2.45, 2.75) is 49.3 Å². The Morgan fingerprint density at radius 3 is 2.79 bits per heavy atom. The molecule has 10 nitrogen and oxygen atoms in total. The summed E-state index contributed by atoms with van der Waals surface area (Å²) in [6.07, 6.45) is 10.6. The molecule has 1 fully saturated rings. The number of fused-ring (bicyclic) bond motifs is 1. The lowest BCUT2D eigenvalue weighted by molar-refractivity contribution is -0.198. The van der Waals surface area contributed by atoms with E-state index in [0.717, 1.165) is 45.3 Å². The molecular weight excluding hydrogens is 556 g/mol. The Kier molecular flexibility index (Phi) is 9.88. The van der Waals surface area contributed by atoms with Crippen molar-refractivity contribution in [2.24, 2.45) is 0 Å². The smallest absolute Gasteiger partial charge is 0.267 e. The lowest BCUT2D eigenvalue weighted by atomic mass is 9.95. The fraction of sp³-hybridized carbons (Fsp3) is 0.323. The molecule has 11 heteroatoms. The molecule has 0 bridgehead atoms. The third-order valence-corrected chi connectivity index (χ3v) is 8.95. The van der Waals surface area contributed by atoms with Gasteiger partial charge in [0, 0.05) is 74.2 Å². The van der Waals surface area contributed by atoms with Gasteiger partial charge in [0.05, 0.1) is 4.90 Å². The molecule has 1 amide bonds. The number of para-hydroxylation sites is 1. The van der Waals surface area contributed by atoms with E-state index in [4.69, 9.17) is 9.57 Å². The Bertz CT molecular complexity index is 1600. The largest absolute Gasteiger partial charge is 0.396 e. The minimum Gasteiger partial charge on any atom is -0.396 e. The molecule has 42 heavy (non-hydrogen) atoms. The number of aromatic amines is 1. The van der Waals surface area contributed by atoms with E-state index < -0.39 is 22.2 Å². The zero-order valence-corrected chi connectivity index (χ0v) is 24.1. The molecule has 1 aliphatic heterocycles. The van der Waals surface area contributed by atoms with Crippen molar-refractivity contribution in [1.82, 2.24) is 19.8 Å². The fourth-order valence-electron chi connectivity index (χ4n) is 5.02. The van der Waals surface area contributed by atoms with Gasteiger partial charge < -0.3 is 20.1 Å². The average Bonchev–Trinajstić information content (AvgIpc) is 3.68. The summed E-state index contributed by atoms with van der Waals surface area (Å²) in [6.45, 7) is 1.92. The van der Waals surface area contributed by atoms with Crippen LogP contribution < -0.4 is 10.8 Å².